The first-order valence-electron chi connectivity index (χ1n) is 8.62. The number of rotatable bonds is 14. The molecule has 0 heterocycles. The molecule has 0 aromatic rings. The lowest BCUT2D eigenvalue weighted by Gasteiger charge is -2.05. The molecule has 23 heavy (non-hydrogen) atoms. The zero-order valence-corrected chi connectivity index (χ0v) is 15.3. The number of allylic oxidation sites excluding steroid dienone is 10. The fourth-order valence-electron chi connectivity index (χ4n) is 1.86. The molecule has 0 aliphatic heterocycles. The third kappa shape index (κ3) is 18.9. The molecule has 3 heteroatoms. The Hall–Kier alpha value is -1.03. The molecule has 0 rings (SSSR count). The van der Waals surface area contributed by atoms with Crippen LogP contribution >= 0.6 is 12.9 Å². The van der Waals surface area contributed by atoms with E-state index in [2.05, 4.69) is 80.6 Å². The highest BCUT2D eigenvalue weighted by Crippen LogP contribution is 2.03. The Kier molecular flexibility index (Phi) is 18.2. The van der Waals surface area contributed by atoms with Crippen molar-refractivity contribution in [3.8, 4) is 0 Å². The molecule has 130 valence electrons. The van der Waals surface area contributed by atoms with Crippen LogP contribution in [0.3, 0.4) is 0 Å². The molecule has 0 fully saturated rings. The summed E-state index contributed by atoms with van der Waals surface area (Å²) in [6, 6.07) is 0. The largest absolute Gasteiger partial charge is 0.305 e. The third-order valence-electron chi connectivity index (χ3n) is 3.15. The molecule has 0 saturated heterocycles. The van der Waals surface area contributed by atoms with Gasteiger partial charge < -0.3 is 9.92 Å². The maximum Gasteiger partial charge on any atom is 0.119 e. The molecule has 0 aromatic carbocycles. The van der Waals surface area contributed by atoms with Crippen LogP contribution in [0, 0.1) is 0 Å². The second-order valence-corrected chi connectivity index (χ2v) is 5.49. The number of hydrogen-bond donors (Lipinski definition) is 2. The normalized spacial score (nSPS) is 14.4. The van der Waals surface area contributed by atoms with E-state index in [0.717, 1.165) is 51.4 Å². The summed E-state index contributed by atoms with van der Waals surface area (Å²) in [6.45, 7) is 2.16. The van der Waals surface area contributed by atoms with Crippen LogP contribution < -0.4 is 5.73 Å². The fourth-order valence-corrected chi connectivity index (χ4v) is 1.96. The SMILES string of the molecule is CC/C=C\C/C=C\C/C=C\C/C=C\C/C=C\CCCC(N)OS. The maximum atomic E-state index is 5.59. The highest BCUT2D eigenvalue weighted by atomic mass is 32.1. The molecule has 0 aliphatic carbocycles. The first-order valence-corrected chi connectivity index (χ1v) is 8.98. The second kappa shape index (κ2) is 19.0. The Morgan fingerprint density at radius 1 is 0.783 bits per heavy atom. The number of unbranched alkanes of at least 4 members (excludes halogenated alkanes) is 1. The highest BCUT2D eigenvalue weighted by Gasteiger charge is 1.97. The minimum absolute atomic E-state index is 0.249. The van der Waals surface area contributed by atoms with Crippen LogP contribution in [0.2, 0.25) is 0 Å². The van der Waals surface area contributed by atoms with Crippen LogP contribution in [0.1, 0.15) is 58.3 Å². The zero-order valence-electron chi connectivity index (χ0n) is 14.4. The van der Waals surface area contributed by atoms with Crippen LogP contribution in [-0.4, -0.2) is 6.23 Å². The Bertz CT molecular complexity index is 383. The molecular weight excluding hydrogens is 302 g/mol. The van der Waals surface area contributed by atoms with Crippen molar-refractivity contribution in [2.75, 3.05) is 0 Å². The number of thiol groups is 1. The molecule has 1 atom stereocenters. The van der Waals surface area contributed by atoms with Crippen molar-refractivity contribution in [1.29, 1.82) is 0 Å². The third-order valence-corrected chi connectivity index (χ3v) is 3.42. The lowest BCUT2D eigenvalue weighted by Crippen LogP contribution is -2.19. The quantitative estimate of drug-likeness (QED) is 0.133. The Morgan fingerprint density at radius 3 is 1.65 bits per heavy atom. The predicted molar refractivity (Wildman–Crippen MR) is 106 cm³/mol. The van der Waals surface area contributed by atoms with Crippen LogP contribution in [0.5, 0.6) is 0 Å². The number of nitrogens with two attached hydrogens (primary N) is 1. The molecule has 0 amide bonds. The van der Waals surface area contributed by atoms with Gasteiger partial charge in [0.2, 0.25) is 0 Å². The summed E-state index contributed by atoms with van der Waals surface area (Å²) < 4.78 is 4.70. The van der Waals surface area contributed by atoms with Crippen molar-refractivity contribution >= 4 is 12.9 Å². The van der Waals surface area contributed by atoms with E-state index < -0.39 is 0 Å². The summed E-state index contributed by atoms with van der Waals surface area (Å²) in [5.74, 6) is 0. The summed E-state index contributed by atoms with van der Waals surface area (Å²) in [5.41, 5.74) is 5.59. The van der Waals surface area contributed by atoms with Crippen LogP contribution in [0.15, 0.2) is 60.8 Å². The molecule has 0 spiro atoms. The molecule has 1 unspecified atom stereocenters. The van der Waals surface area contributed by atoms with Gasteiger partial charge in [0.05, 0.1) is 0 Å². The second-order valence-electron chi connectivity index (χ2n) is 5.28. The Morgan fingerprint density at radius 2 is 1.22 bits per heavy atom. The van der Waals surface area contributed by atoms with Gasteiger partial charge in [0, 0.05) is 0 Å². The van der Waals surface area contributed by atoms with Crippen LogP contribution in [0.4, 0.5) is 0 Å². The molecule has 2 N–H and O–H groups in total. The van der Waals surface area contributed by atoms with Crippen LogP contribution in [-0.2, 0) is 4.18 Å². The smallest absolute Gasteiger partial charge is 0.119 e. The van der Waals surface area contributed by atoms with E-state index >= 15 is 0 Å². The van der Waals surface area contributed by atoms with Crippen LogP contribution in [0.25, 0.3) is 0 Å². The number of hydrogen-bond acceptors (Lipinski definition) is 3. The summed E-state index contributed by atoms with van der Waals surface area (Å²) in [5, 5.41) is 0. The van der Waals surface area contributed by atoms with E-state index in [0.29, 0.717) is 0 Å². The van der Waals surface area contributed by atoms with Crippen molar-refractivity contribution in [1.82, 2.24) is 0 Å². The van der Waals surface area contributed by atoms with E-state index in [-0.39, 0.29) is 6.23 Å². The lowest BCUT2D eigenvalue weighted by molar-refractivity contribution is 0.239. The van der Waals surface area contributed by atoms with E-state index in [4.69, 9.17) is 9.92 Å². The molecule has 0 bridgehead atoms. The first-order chi connectivity index (χ1) is 11.3. The molecule has 2 nitrogen and oxygen atoms in total. The summed E-state index contributed by atoms with van der Waals surface area (Å²) in [7, 11) is 0. The maximum absolute atomic E-state index is 5.59. The van der Waals surface area contributed by atoms with Gasteiger partial charge in [-0.1, -0.05) is 67.7 Å². The van der Waals surface area contributed by atoms with Gasteiger partial charge in [-0.2, -0.15) is 0 Å². The average molecular weight is 336 g/mol. The summed E-state index contributed by atoms with van der Waals surface area (Å²) >= 11 is 3.69. The van der Waals surface area contributed by atoms with Crippen molar-refractivity contribution in [2.24, 2.45) is 5.73 Å². The highest BCUT2D eigenvalue weighted by molar-refractivity contribution is 7.75. The standard InChI is InChI=1S/C20H33NOS/c1-2-3-4-5-6-7-8-9-10-11-12-13-14-15-16-17-18-19-20(21)22-23/h3-4,6-7,9-10,12-13,15-16,20,23H,2,5,8,11,14,17-19,21H2,1H3/b4-3-,7-6-,10-9-,13-12-,16-15-. The van der Waals surface area contributed by atoms with Crippen molar-refractivity contribution in [3.63, 3.8) is 0 Å². The average Bonchev–Trinajstić information content (AvgIpc) is 2.57. The first kappa shape index (κ1) is 22.0. The van der Waals surface area contributed by atoms with Crippen molar-refractivity contribution < 1.29 is 4.18 Å². The minimum atomic E-state index is -0.249. The van der Waals surface area contributed by atoms with Gasteiger partial charge in [0.15, 0.2) is 0 Å². The zero-order chi connectivity index (χ0) is 17.0. The Labute approximate surface area is 148 Å². The minimum Gasteiger partial charge on any atom is -0.305 e. The monoisotopic (exact) mass is 335 g/mol. The van der Waals surface area contributed by atoms with Gasteiger partial charge in [-0.25, -0.2) is 0 Å². The van der Waals surface area contributed by atoms with Gasteiger partial charge in [0.1, 0.15) is 6.23 Å². The molecule has 0 radical (unpaired) electrons. The van der Waals surface area contributed by atoms with Gasteiger partial charge in [0.25, 0.3) is 0 Å². The van der Waals surface area contributed by atoms with E-state index in [1.807, 2.05) is 0 Å². The lowest BCUT2D eigenvalue weighted by atomic mass is 10.2. The predicted octanol–water partition coefficient (Wildman–Crippen LogP) is 6.05. The fraction of sp³-hybridized carbons (Fsp3) is 0.500. The summed E-state index contributed by atoms with van der Waals surface area (Å²) in [6.07, 6.45) is 29.9. The molecule has 0 aliphatic rings. The van der Waals surface area contributed by atoms with E-state index in [1.165, 1.54) is 0 Å². The van der Waals surface area contributed by atoms with E-state index in [1.54, 1.807) is 0 Å². The van der Waals surface area contributed by atoms with Gasteiger partial charge in [-0.3, -0.25) is 0 Å². The molecule has 0 aromatic heterocycles. The van der Waals surface area contributed by atoms with E-state index in [9.17, 15) is 0 Å². The molecule has 0 saturated carbocycles. The van der Waals surface area contributed by atoms with Crippen molar-refractivity contribution in [2.45, 2.75) is 64.5 Å². The van der Waals surface area contributed by atoms with Gasteiger partial charge >= 0.3 is 0 Å². The van der Waals surface area contributed by atoms with Gasteiger partial charge in [-0.05, 0) is 64.3 Å². The summed E-state index contributed by atoms with van der Waals surface area (Å²) in [4.78, 5) is 0. The topological polar surface area (TPSA) is 35.2 Å². The van der Waals surface area contributed by atoms with Gasteiger partial charge in [-0.15, -0.1) is 0 Å². The van der Waals surface area contributed by atoms with Crippen molar-refractivity contribution in [3.05, 3.63) is 60.8 Å². The molecular formula is C20H33NOS. The Balaban J connectivity index is 3.46.